The van der Waals surface area contributed by atoms with E-state index < -0.39 is 5.91 Å². The van der Waals surface area contributed by atoms with Crippen molar-refractivity contribution in [3.05, 3.63) is 133 Å². The molecule has 42 heavy (non-hydrogen) atoms. The fourth-order valence-corrected chi connectivity index (χ4v) is 5.49. The predicted molar refractivity (Wildman–Crippen MR) is 171 cm³/mol. The third-order valence-corrected chi connectivity index (χ3v) is 7.67. The second-order valence-electron chi connectivity index (χ2n) is 9.42. The van der Waals surface area contributed by atoms with Crippen LogP contribution in [0.15, 0.2) is 103 Å². The average molecular weight is 712 g/mol. The standard InChI is InChI=1S/C32H26Br2ClN3O4/c1-20-3-4-21(2)38(20)26-9-11-27(12-10-26)40-19-28-13-14-30(42-28)32(39)37-36-17-23-15-25(35)16-29(34)31(23)41-18-22-5-7-24(33)8-6-22/h3-17H,18-19H2,1-2H3,(H,37,39)/b36-17+. The molecule has 0 fully saturated rings. The molecule has 0 aliphatic heterocycles. The van der Waals surface area contributed by atoms with Gasteiger partial charge in [0.25, 0.3) is 0 Å². The molecule has 5 aromatic rings. The summed E-state index contributed by atoms with van der Waals surface area (Å²) in [5.41, 5.74) is 7.46. The SMILES string of the molecule is Cc1ccc(C)n1-c1ccc(OCc2ccc(C(=O)N/N=C/c3cc(Cl)cc(Br)c3OCc3ccc(Br)cc3)o2)cc1. The summed E-state index contributed by atoms with van der Waals surface area (Å²) in [6.07, 6.45) is 1.47. The summed E-state index contributed by atoms with van der Waals surface area (Å²) >= 11 is 13.2. The fraction of sp³-hybridized carbons (Fsp3) is 0.125. The van der Waals surface area contributed by atoms with E-state index in [1.807, 2.05) is 48.5 Å². The highest BCUT2D eigenvalue weighted by Crippen LogP contribution is 2.32. The molecule has 0 aliphatic carbocycles. The molecule has 3 aromatic carbocycles. The van der Waals surface area contributed by atoms with Crippen LogP contribution >= 0.6 is 43.5 Å². The first-order chi connectivity index (χ1) is 20.3. The Labute approximate surface area is 265 Å². The molecule has 0 saturated heterocycles. The highest BCUT2D eigenvalue weighted by molar-refractivity contribution is 9.10. The van der Waals surface area contributed by atoms with Crippen LogP contribution in [0, 0.1) is 13.8 Å². The summed E-state index contributed by atoms with van der Waals surface area (Å²) < 4.78 is 21.4. The second kappa shape index (κ2) is 13.5. The molecule has 7 nitrogen and oxygen atoms in total. The van der Waals surface area contributed by atoms with Crippen molar-refractivity contribution in [1.29, 1.82) is 0 Å². The minimum absolute atomic E-state index is 0.110. The summed E-state index contributed by atoms with van der Waals surface area (Å²) in [5, 5.41) is 4.58. The maximum absolute atomic E-state index is 12.7. The lowest BCUT2D eigenvalue weighted by molar-refractivity contribution is 0.0923. The maximum Gasteiger partial charge on any atom is 0.307 e. The lowest BCUT2D eigenvalue weighted by Gasteiger charge is -2.12. The fourth-order valence-electron chi connectivity index (χ4n) is 4.28. The van der Waals surface area contributed by atoms with E-state index in [1.54, 1.807) is 24.3 Å². The molecule has 0 saturated carbocycles. The van der Waals surface area contributed by atoms with Gasteiger partial charge in [-0.25, -0.2) is 5.43 Å². The minimum Gasteiger partial charge on any atom is -0.487 e. The number of furan rings is 1. The van der Waals surface area contributed by atoms with Gasteiger partial charge in [0.2, 0.25) is 0 Å². The normalized spacial score (nSPS) is 11.2. The number of halogens is 3. The van der Waals surface area contributed by atoms with E-state index in [2.05, 4.69) is 72.9 Å². The Morgan fingerprint density at radius 1 is 0.929 bits per heavy atom. The number of nitrogens with one attached hydrogen (secondary N) is 1. The largest absolute Gasteiger partial charge is 0.487 e. The third-order valence-electron chi connectivity index (χ3n) is 6.34. The van der Waals surface area contributed by atoms with E-state index in [-0.39, 0.29) is 12.4 Å². The van der Waals surface area contributed by atoms with Gasteiger partial charge < -0.3 is 18.5 Å². The monoisotopic (exact) mass is 709 g/mol. The van der Waals surface area contributed by atoms with Gasteiger partial charge in [-0.15, -0.1) is 0 Å². The number of hydrogen-bond acceptors (Lipinski definition) is 5. The molecule has 0 bridgehead atoms. The van der Waals surface area contributed by atoms with Gasteiger partial charge >= 0.3 is 5.91 Å². The molecule has 0 aliphatic rings. The zero-order valence-electron chi connectivity index (χ0n) is 22.7. The average Bonchev–Trinajstić information content (AvgIpc) is 3.58. The number of nitrogens with zero attached hydrogens (tertiary/aromatic N) is 2. The first-order valence-electron chi connectivity index (χ1n) is 12.9. The molecule has 1 N–H and O–H groups in total. The van der Waals surface area contributed by atoms with Crippen molar-refractivity contribution in [3.63, 3.8) is 0 Å². The van der Waals surface area contributed by atoms with Gasteiger partial charge in [0.15, 0.2) is 5.76 Å². The third kappa shape index (κ3) is 7.34. The minimum atomic E-state index is -0.502. The van der Waals surface area contributed by atoms with E-state index in [0.29, 0.717) is 38.9 Å². The molecule has 2 heterocycles. The molecule has 0 atom stereocenters. The van der Waals surface area contributed by atoms with Crippen LogP contribution in [-0.4, -0.2) is 16.7 Å². The lowest BCUT2D eigenvalue weighted by atomic mass is 10.2. The summed E-state index contributed by atoms with van der Waals surface area (Å²) in [6, 6.07) is 26.5. The number of aryl methyl sites for hydroxylation is 2. The van der Waals surface area contributed by atoms with Crippen LogP contribution in [0.4, 0.5) is 0 Å². The van der Waals surface area contributed by atoms with Crippen LogP contribution in [0.1, 0.15) is 38.8 Å². The predicted octanol–water partition coefficient (Wildman–Crippen LogP) is 8.79. The van der Waals surface area contributed by atoms with Crippen molar-refractivity contribution in [3.8, 4) is 17.2 Å². The molecule has 2 aromatic heterocycles. The zero-order valence-corrected chi connectivity index (χ0v) is 26.7. The smallest absolute Gasteiger partial charge is 0.307 e. The van der Waals surface area contributed by atoms with Gasteiger partial charge in [0.05, 0.1) is 10.7 Å². The number of rotatable bonds is 10. The number of amides is 1. The van der Waals surface area contributed by atoms with Crippen LogP contribution in [0.3, 0.4) is 0 Å². The van der Waals surface area contributed by atoms with Gasteiger partial charge in [-0.05, 0) is 108 Å². The Morgan fingerprint density at radius 2 is 1.64 bits per heavy atom. The number of carbonyl (C=O) groups is 1. The number of aromatic nitrogens is 1. The van der Waals surface area contributed by atoms with Crippen LogP contribution < -0.4 is 14.9 Å². The van der Waals surface area contributed by atoms with E-state index in [0.717, 1.165) is 27.1 Å². The Morgan fingerprint density at radius 3 is 2.36 bits per heavy atom. The number of ether oxygens (including phenoxy) is 2. The number of hydrazone groups is 1. The topological polar surface area (TPSA) is 78.0 Å². The highest BCUT2D eigenvalue weighted by atomic mass is 79.9. The quantitative estimate of drug-likeness (QED) is 0.116. The van der Waals surface area contributed by atoms with Crippen LogP contribution in [0.25, 0.3) is 5.69 Å². The molecule has 0 radical (unpaired) electrons. The van der Waals surface area contributed by atoms with Crippen molar-refractivity contribution in [2.45, 2.75) is 27.1 Å². The molecule has 0 spiro atoms. The molecule has 1 amide bonds. The van der Waals surface area contributed by atoms with Gasteiger partial charge in [-0.1, -0.05) is 39.7 Å². The first kappa shape index (κ1) is 29.7. The van der Waals surface area contributed by atoms with E-state index >= 15 is 0 Å². The summed E-state index contributed by atoms with van der Waals surface area (Å²) in [7, 11) is 0. The second-order valence-corrected chi connectivity index (χ2v) is 11.6. The van der Waals surface area contributed by atoms with Gasteiger partial charge in [0.1, 0.15) is 30.5 Å². The zero-order chi connectivity index (χ0) is 29.6. The Kier molecular flexibility index (Phi) is 9.51. The number of benzene rings is 3. The molecular formula is C32H26Br2ClN3O4. The summed E-state index contributed by atoms with van der Waals surface area (Å²) in [6.45, 7) is 4.66. The van der Waals surface area contributed by atoms with Gasteiger partial charge in [0, 0.05) is 32.1 Å². The Balaban J connectivity index is 1.17. The van der Waals surface area contributed by atoms with Crippen LogP contribution in [0.2, 0.25) is 5.02 Å². The van der Waals surface area contributed by atoms with Crippen LogP contribution in [-0.2, 0) is 13.2 Å². The maximum atomic E-state index is 12.7. The molecular weight excluding hydrogens is 686 g/mol. The van der Waals surface area contributed by atoms with Crippen molar-refractivity contribution in [2.75, 3.05) is 0 Å². The number of carbonyl (C=O) groups excluding carboxylic acids is 1. The first-order valence-corrected chi connectivity index (χ1v) is 14.9. The van der Waals surface area contributed by atoms with E-state index in [9.17, 15) is 4.79 Å². The van der Waals surface area contributed by atoms with Crippen molar-refractivity contribution >= 4 is 55.6 Å². The summed E-state index contributed by atoms with van der Waals surface area (Å²) in [4.78, 5) is 12.7. The van der Waals surface area contributed by atoms with Crippen molar-refractivity contribution in [1.82, 2.24) is 9.99 Å². The van der Waals surface area contributed by atoms with Crippen molar-refractivity contribution in [2.24, 2.45) is 5.10 Å². The molecule has 5 rings (SSSR count). The van der Waals surface area contributed by atoms with Gasteiger partial charge in [-0.2, -0.15) is 5.10 Å². The van der Waals surface area contributed by atoms with Crippen molar-refractivity contribution < 1.29 is 18.7 Å². The Hall–Kier alpha value is -3.79. The van der Waals surface area contributed by atoms with E-state index in [4.69, 9.17) is 25.5 Å². The molecule has 214 valence electrons. The molecule has 0 unspecified atom stereocenters. The lowest BCUT2D eigenvalue weighted by Crippen LogP contribution is -2.17. The van der Waals surface area contributed by atoms with Gasteiger partial charge in [-0.3, -0.25) is 4.79 Å². The summed E-state index contributed by atoms with van der Waals surface area (Å²) in [5.74, 6) is 1.35. The molecule has 10 heteroatoms. The Bertz CT molecular complexity index is 1710. The number of hydrogen-bond donors (Lipinski definition) is 1. The van der Waals surface area contributed by atoms with E-state index in [1.165, 1.54) is 6.21 Å². The highest BCUT2D eigenvalue weighted by Gasteiger charge is 2.13. The van der Waals surface area contributed by atoms with Crippen LogP contribution in [0.5, 0.6) is 11.5 Å².